The van der Waals surface area contributed by atoms with Crippen molar-refractivity contribution in [2.24, 2.45) is 0 Å². The summed E-state index contributed by atoms with van der Waals surface area (Å²) in [6.07, 6.45) is 1.79. The number of rotatable bonds is 7. The molecule has 0 atom stereocenters. The standard InChI is InChI=1S/C18H17FN2O3/c19-14-5-7-16(8-6-14)21-10-9-15(20-21)13-24-18-4-2-1-3-17(18)23-12-11-22/h1-10,22H,11-13H2. The van der Waals surface area contributed by atoms with E-state index in [1.165, 1.54) is 12.1 Å². The van der Waals surface area contributed by atoms with Gasteiger partial charge in [-0.1, -0.05) is 12.1 Å². The van der Waals surface area contributed by atoms with Crippen LogP contribution in [0, 0.1) is 5.82 Å². The Morgan fingerprint density at radius 2 is 1.67 bits per heavy atom. The fraction of sp³-hybridized carbons (Fsp3) is 0.167. The van der Waals surface area contributed by atoms with Crippen LogP contribution >= 0.6 is 0 Å². The fourth-order valence-corrected chi connectivity index (χ4v) is 2.17. The van der Waals surface area contributed by atoms with Crippen molar-refractivity contribution in [2.75, 3.05) is 13.2 Å². The average Bonchev–Trinajstić information content (AvgIpc) is 3.08. The third-order valence-electron chi connectivity index (χ3n) is 3.31. The topological polar surface area (TPSA) is 56.5 Å². The van der Waals surface area contributed by atoms with E-state index in [0.29, 0.717) is 11.5 Å². The van der Waals surface area contributed by atoms with Gasteiger partial charge < -0.3 is 14.6 Å². The molecular formula is C18H17FN2O3. The third-order valence-corrected chi connectivity index (χ3v) is 3.31. The second-order valence-electron chi connectivity index (χ2n) is 5.04. The molecule has 6 heteroatoms. The highest BCUT2D eigenvalue weighted by Crippen LogP contribution is 2.27. The summed E-state index contributed by atoms with van der Waals surface area (Å²) in [6, 6.07) is 15.2. The number of hydrogen-bond donors (Lipinski definition) is 1. The zero-order valence-corrected chi connectivity index (χ0v) is 12.9. The minimum absolute atomic E-state index is 0.0591. The Hall–Kier alpha value is -2.86. The quantitative estimate of drug-likeness (QED) is 0.724. The van der Waals surface area contributed by atoms with Gasteiger partial charge in [-0.3, -0.25) is 0 Å². The Labute approximate surface area is 138 Å². The second kappa shape index (κ2) is 7.61. The van der Waals surface area contributed by atoms with Crippen molar-refractivity contribution in [1.29, 1.82) is 0 Å². The molecule has 24 heavy (non-hydrogen) atoms. The van der Waals surface area contributed by atoms with Gasteiger partial charge in [-0.15, -0.1) is 0 Å². The lowest BCUT2D eigenvalue weighted by Crippen LogP contribution is -2.04. The van der Waals surface area contributed by atoms with Gasteiger partial charge in [0.25, 0.3) is 0 Å². The summed E-state index contributed by atoms with van der Waals surface area (Å²) in [6.45, 7) is 0.420. The highest BCUT2D eigenvalue weighted by atomic mass is 19.1. The molecule has 0 aliphatic carbocycles. The van der Waals surface area contributed by atoms with Gasteiger partial charge in [-0.05, 0) is 42.5 Å². The maximum absolute atomic E-state index is 13.0. The van der Waals surface area contributed by atoms with Gasteiger partial charge in [0.15, 0.2) is 11.5 Å². The van der Waals surface area contributed by atoms with Crippen molar-refractivity contribution in [3.63, 3.8) is 0 Å². The molecule has 1 aromatic heterocycles. The van der Waals surface area contributed by atoms with Crippen LogP contribution in [-0.2, 0) is 6.61 Å². The van der Waals surface area contributed by atoms with E-state index in [1.54, 1.807) is 35.1 Å². The SMILES string of the molecule is OCCOc1ccccc1OCc1ccn(-c2ccc(F)cc2)n1. The van der Waals surface area contributed by atoms with E-state index in [1.807, 2.05) is 18.2 Å². The summed E-state index contributed by atoms with van der Waals surface area (Å²) in [5.74, 6) is 0.876. The Morgan fingerprint density at radius 3 is 2.38 bits per heavy atom. The number of halogens is 1. The molecule has 0 spiro atoms. The van der Waals surface area contributed by atoms with Crippen molar-refractivity contribution in [2.45, 2.75) is 6.61 Å². The van der Waals surface area contributed by atoms with Gasteiger partial charge in [0.2, 0.25) is 0 Å². The molecule has 1 N–H and O–H groups in total. The Bertz CT molecular complexity index is 787. The zero-order valence-electron chi connectivity index (χ0n) is 12.9. The molecular weight excluding hydrogens is 311 g/mol. The molecule has 0 aliphatic rings. The van der Waals surface area contributed by atoms with Gasteiger partial charge >= 0.3 is 0 Å². The van der Waals surface area contributed by atoms with Crippen LogP contribution in [0.4, 0.5) is 4.39 Å². The highest BCUT2D eigenvalue weighted by Gasteiger charge is 2.07. The number of hydrogen-bond acceptors (Lipinski definition) is 4. The van der Waals surface area contributed by atoms with Crippen molar-refractivity contribution in [3.8, 4) is 17.2 Å². The summed E-state index contributed by atoms with van der Waals surface area (Å²) in [7, 11) is 0. The monoisotopic (exact) mass is 328 g/mol. The smallest absolute Gasteiger partial charge is 0.161 e. The van der Waals surface area contributed by atoms with Crippen LogP contribution in [0.5, 0.6) is 11.5 Å². The van der Waals surface area contributed by atoms with E-state index in [-0.39, 0.29) is 25.6 Å². The van der Waals surface area contributed by atoms with Crippen LogP contribution in [-0.4, -0.2) is 28.1 Å². The van der Waals surface area contributed by atoms with Gasteiger partial charge in [0.05, 0.1) is 12.3 Å². The van der Waals surface area contributed by atoms with Gasteiger partial charge in [0.1, 0.15) is 24.7 Å². The van der Waals surface area contributed by atoms with Crippen molar-refractivity contribution in [3.05, 3.63) is 72.3 Å². The molecule has 0 saturated heterocycles. The Balaban J connectivity index is 1.66. The Kier molecular flexibility index (Phi) is 5.08. The number of aliphatic hydroxyl groups excluding tert-OH is 1. The van der Waals surface area contributed by atoms with Crippen LogP contribution in [0.3, 0.4) is 0 Å². The molecule has 3 aromatic rings. The van der Waals surface area contributed by atoms with Crippen LogP contribution in [0.25, 0.3) is 5.69 Å². The molecule has 2 aromatic carbocycles. The van der Waals surface area contributed by atoms with Crippen molar-refractivity contribution < 1.29 is 19.0 Å². The molecule has 0 fully saturated rings. The van der Waals surface area contributed by atoms with Gasteiger partial charge in [0, 0.05) is 6.20 Å². The minimum atomic E-state index is -0.283. The maximum Gasteiger partial charge on any atom is 0.161 e. The third kappa shape index (κ3) is 3.91. The normalized spacial score (nSPS) is 10.6. The van der Waals surface area contributed by atoms with E-state index in [9.17, 15) is 4.39 Å². The van der Waals surface area contributed by atoms with Crippen LogP contribution < -0.4 is 9.47 Å². The molecule has 0 unspecified atom stereocenters. The van der Waals surface area contributed by atoms with Crippen molar-refractivity contribution >= 4 is 0 Å². The number of ether oxygens (including phenoxy) is 2. The van der Waals surface area contributed by atoms with Crippen LogP contribution in [0.2, 0.25) is 0 Å². The summed E-state index contributed by atoms with van der Waals surface area (Å²) >= 11 is 0. The van der Waals surface area contributed by atoms with E-state index in [2.05, 4.69) is 5.10 Å². The average molecular weight is 328 g/mol. The number of aliphatic hydroxyl groups is 1. The van der Waals surface area contributed by atoms with E-state index in [4.69, 9.17) is 14.6 Å². The zero-order chi connectivity index (χ0) is 16.8. The lowest BCUT2D eigenvalue weighted by molar-refractivity contribution is 0.192. The molecule has 0 saturated carbocycles. The van der Waals surface area contributed by atoms with Crippen LogP contribution in [0.15, 0.2) is 60.8 Å². The summed E-state index contributed by atoms with van der Waals surface area (Å²) < 4.78 is 25.8. The predicted octanol–water partition coefficient (Wildman–Crippen LogP) is 2.96. The minimum Gasteiger partial charge on any atom is -0.487 e. The van der Waals surface area contributed by atoms with Gasteiger partial charge in [-0.2, -0.15) is 5.10 Å². The van der Waals surface area contributed by atoms with E-state index in [0.717, 1.165) is 11.4 Å². The molecule has 0 bridgehead atoms. The van der Waals surface area contributed by atoms with Crippen LogP contribution in [0.1, 0.15) is 5.69 Å². The summed E-state index contributed by atoms with van der Waals surface area (Å²) in [5.41, 5.74) is 1.51. The lowest BCUT2D eigenvalue weighted by atomic mass is 10.3. The first-order valence-corrected chi connectivity index (χ1v) is 7.52. The summed E-state index contributed by atoms with van der Waals surface area (Å²) in [5, 5.41) is 13.3. The van der Waals surface area contributed by atoms with Gasteiger partial charge in [-0.25, -0.2) is 9.07 Å². The number of para-hydroxylation sites is 2. The number of benzene rings is 2. The fourth-order valence-electron chi connectivity index (χ4n) is 2.17. The molecule has 0 aliphatic heterocycles. The number of aromatic nitrogens is 2. The summed E-state index contributed by atoms with van der Waals surface area (Å²) in [4.78, 5) is 0. The first-order valence-electron chi connectivity index (χ1n) is 7.52. The first kappa shape index (κ1) is 16.0. The molecule has 5 nitrogen and oxygen atoms in total. The first-order chi connectivity index (χ1) is 11.8. The molecule has 0 amide bonds. The lowest BCUT2D eigenvalue weighted by Gasteiger charge is -2.11. The maximum atomic E-state index is 13.0. The van der Waals surface area contributed by atoms with Crippen molar-refractivity contribution in [1.82, 2.24) is 9.78 Å². The predicted molar refractivity (Wildman–Crippen MR) is 86.9 cm³/mol. The molecule has 0 radical (unpaired) electrons. The van der Waals surface area contributed by atoms with E-state index >= 15 is 0 Å². The molecule has 1 heterocycles. The Morgan fingerprint density at radius 1 is 0.958 bits per heavy atom. The molecule has 124 valence electrons. The largest absolute Gasteiger partial charge is 0.487 e. The second-order valence-corrected chi connectivity index (χ2v) is 5.04. The van der Waals surface area contributed by atoms with E-state index < -0.39 is 0 Å². The molecule has 3 rings (SSSR count). The highest BCUT2D eigenvalue weighted by molar-refractivity contribution is 5.39. The number of nitrogens with zero attached hydrogens (tertiary/aromatic N) is 2.